The second-order valence-corrected chi connectivity index (χ2v) is 8.85. The maximum Gasteiger partial charge on any atom is 0.264 e. The number of fused-ring (bicyclic) bond motifs is 1. The van der Waals surface area contributed by atoms with Crippen LogP contribution < -0.4 is 11.2 Å². The van der Waals surface area contributed by atoms with E-state index in [1.54, 1.807) is 74.4 Å². The average molecular weight is 499 g/mol. The predicted octanol–water partition coefficient (Wildman–Crippen LogP) is 2.75. The fourth-order valence-corrected chi connectivity index (χ4v) is 4.70. The van der Waals surface area contributed by atoms with E-state index in [-0.39, 0.29) is 22.4 Å². The third-order valence-corrected chi connectivity index (χ3v) is 6.51. The van der Waals surface area contributed by atoms with Crippen LogP contribution in [-0.2, 0) is 9.53 Å². The number of aliphatic imine (C=N–C) groups is 2. The van der Waals surface area contributed by atoms with Crippen LogP contribution in [0.5, 0.6) is 0 Å². The summed E-state index contributed by atoms with van der Waals surface area (Å²) in [5, 5.41) is 2.78. The van der Waals surface area contributed by atoms with E-state index in [1.807, 2.05) is 17.0 Å². The molecule has 0 radical (unpaired) electrons. The molecule has 10 nitrogen and oxygen atoms in total. The van der Waals surface area contributed by atoms with E-state index < -0.39 is 0 Å². The molecule has 0 spiro atoms. The number of nitrogens with one attached hydrogen (secondary N) is 1. The topological polar surface area (TPSA) is 122 Å². The van der Waals surface area contributed by atoms with Crippen molar-refractivity contribution in [2.75, 3.05) is 25.6 Å². The highest BCUT2D eigenvalue weighted by molar-refractivity contribution is 6.05. The maximum atomic E-state index is 12.9. The molecule has 1 aromatic carbocycles. The van der Waals surface area contributed by atoms with E-state index in [1.165, 1.54) is 0 Å². The molecule has 0 bridgehead atoms. The van der Waals surface area contributed by atoms with E-state index >= 15 is 0 Å². The van der Waals surface area contributed by atoms with Crippen molar-refractivity contribution in [1.82, 2.24) is 9.88 Å². The number of likely N-dealkylation sites (tertiary alicyclic amines) is 1. The highest BCUT2D eigenvalue weighted by atomic mass is 16.5. The van der Waals surface area contributed by atoms with Gasteiger partial charge in [-0.15, -0.1) is 4.59 Å². The number of hydrogen-bond donors (Lipinski definition) is 2. The largest absolute Gasteiger partial charge is 0.381 e. The van der Waals surface area contributed by atoms with Gasteiger partial charge in [0.2, 0.25) is 11.6 Å². The number of carbonyl (C=O) groups excluding carboxylic acids is 2. The number of quaternary nitrogens is 1. The summed E-state index contributed by atoms with van der Waals surface area (Å²) in [4.78, 5) is 40.8. The third kappa shape index (κ3) is 4.77. The molecule has 2 amide bonds. The molecule has 1 saturated heterocycles. The van der Waals surface area contributed by atoms with Gasteiger partial charge in [0.05, 0.1) is 30.6 Å². The van der Waals surface area contributed by atoms with Crippen molar-refractivity contribution < 1.29 is 18.9 Å². The number of methoxy groups -OCH3 is 1. The minimum absolute atomic E-state index is 0.0852. The van der Waals surface area contributed by atoms with Gasteiger partial charge in [-0.05, 0) is 49.2 Å². The molecular formula is C27H28N7O3+. The van der Waals surface area contributed by atoms with Crippen molar-refractivity contribution in [2.45, 2.75) is 18.9 Å². The maximum absolute atomic E-state index is 12.9. The Balaban J connectivity index is 1.42. The lowest BCUT2D eigenvalue weighted by Crippen LogP contribution is -2.53. The van der Waals surface area contributed by atoms with E-state index in [9.17, 15) is 9.59 Å². The lowest BCUT2D eigenvalue weighted by molar-refractivity contribution is -0.750. The van der Waals surface area contributed by atoms with Gasteiger partial charge >= 0.3 is 0 Å². The quantitative estimate of drug-likeness (QED) is 0.345. The Kier molecular flexibility index (Phi) is 6.87. The molecular weight excluding hydrogens is 470 g/mol. The summed E-state index contributed by atoms with van der Waals surface area (Å²) in [6.07, 6.45) is 11.6. The Morgan fingerprint density at radius 3 is 2.84 bits per heavy atom. The summed E-state index contributed by atoms with van der Waals surface area (Å²) >= 11 is 0. The summed E-state index contributed by atoms with van der Waals surface area (Å²) in [5.74, 6) is 7.59. The number of rotatable bonds is 7. The van der Waals surface area contributed by atoms with Crippen LogP contribution in [0.3, 0.4) is 0 Å². The van der Waals surface area contributed by atoms with Gasteiger partial charge in [0.15, 0.2) is 0 Å². The number of aromatic nitrogens is 1. The number of ether oxygens (including phenoxy) is 1. The molecule has 3 N–H and O–H groups in total. The Bertz CT molecular complexity index is 1350. The van der Waals surface area contributed by atoms with Crippen LogP contribution >= 0.6 is 0 Å². The fraction of sp³-hybridized carbons (Fsp3) is 0.222. The van der Waals surface area contributed by atoms with Gasteiger partial charge in [0.1, 0.15) is 17.7 Å². The van der Waals surface area contributed by atoms with Crippen molar-refractivity contribution in [2.24, 2.45) is 15.8 Å². The molecule has 2 atom stereocenters. The smallest absolute Gasteiger partial charge is 0.264 e. The molecule has 10 heteroatoms. The zero-order valence-corrected chi connectivity index (χ0v) is 20.4. The Labute approximate surface area is 214 Å². The van der Waals surface area contributed by atoms with Crippen LogP contribution in [0.2, 0.25) is 0 Å². The normalized spacial score (nSPS) is 22.5. The molecule has 4 heterocycles. The molecule has 2 aromatic rings. The minimum atomic E-state index is -0.263. The minimum Gasteiger partial charge on any atom is -0.381 e. The van der Waals surface area contributed by atoms with E-state index in [0.29, 0.717) is 30.4 Å². The summed E-state index contributed by atoms with van der Waals surface area (Å²) in [6, 6.07) is 12.2. The molecule has 3 aliphatic heterocycles. The number of pyridine rings is 1. The standard InChI is InChI=1S/C27H27N7O3/c1-37-17-5-8-24(35)33-15-4-6-21(33)25-22-18-29-14-16-34(22,28)26(32-25)19-9-11-20(12-10-19)27(36)31-23-7-2-3-13-30-23/h2-3,5,7-14,16,18,21H,4,6,15,17,28H2,1H3/p+1/b8-5+. The van der Waals surface area contributed by atoms with E-state index in [2.05, 4.69) is 15.3 Å². The molecule has 0 aliphatic carbocycles. The molecule has 5 rings (SSSR count). The molecule has 37 heavy (non-hydrogen) atoms. The number of allylic oxidation sites excluding steroid dienone is 1. The summed E-state index contributed by atoms with van der Waals surface area (Å²) in [7, 11) is 1.59. The lowest BCUT2D eigenvalue weighted by atomic mass is 10.1. The number of hydrogen-bond acceptors (Lipinski definition) is 7. The molecule has 1 fully saturated rings. The van der Waals surface area contributed by atoms with Crippen molar-refractivity contribution in [3.8, 4) is 0 Å². The van der Waals surface area contributed by atoms with Gasteiger partial charge in [-0.1, -0.05) is 12.1 Å². The Hall–Kier alpha value is -4.25. The van der Waals surface area contributed by atoms with Gasteiger partial charge in [-0.3, -0.25) is 14.6 Å². The van der Waals surface area contributed by atoms with Crippen molar-refractivity contribution in [1.29, 1.82) is 0 Å². The molecule has 3 aliphatic rings. The number of amides is 2. The van der Waals surface area contributed by atoms with Crippen LogP contribution in [0.4, 0.5) is 5.82 Å². The third-order valence-electron chi connectivity index (χ3n) is 6.51. The summed E-state index contributed by atoms with van der Waals surface area (Å²) < 4.78 is 4.86. The number of carbonyl (C=O) groups is 2. The van der Waals surface area contributed by atoms with E-state index in [0.717, 1.165) is 29.8 Å². The second kappa shape index (κ2) is 10.4. The molecule has 188 valence electrons. The van der Waals surface area contributed by atoms with Gasteiger partial charge in [-0.25, -0.2) is 4.98 Å². The highest BCUT2D eigenvalue weighted by Crippen LogP contribution is 2.37. The van der Waals surface area contributed by atoms with Gasteiger partial charge in [0.25, 0.3) is 11.7 Å². The molecule has 0 saturated carbocycles. The fourth-order valence-electron chi connectivity index (χ4n) is 4.70. The number of benzene rings is 1. The van der Waals surface area contributed by atoms with Gasteiger partial charge in [-0.2, -0.15) is 10.8 Å². The van der Waals surface area contributed by atoms with Crippen molar-refractivity contribution in [3.05, 3.63) is 95.7 Å². The summed E-state index contributed by atoms with van der Waals surface area (Å²) in [6.45, 7) is 1.01. The van der Waals surface area contributed by atoms with Crippen LogP contribution in [0, 0.1) is 0 Å². The number of anilines is 1. The van der Waals surface area contributed by atoms with Crippen molar-refractivity contribution in [3.63, 3.8) is 0 Å². The molecule has 2 unspecified atom stereocenters. The number of nitrogens with two attached hydrogens (primary N) is 1. The van der Waals surface area contributed by atoms with Gasteiger partial charge < -0.3 is 15.0 Å². The van der Waals surface area contributed by atoms with Crippen molar-refractivity contribution >= 4 is 29.7 Å². The zero-order valence-electron chi connectivity index (χ0n) is 20.4. The Morgan fingerprint density at radius 2 is 2.08 bits per heavy atom. The monoisotopic (exact) mass is 498 g/mol. The lowest BCUT2D eigenvalue weighted by Gasteiger charge is -2.27. The SMILES string of the molecule is COC/C=C/C(=O)N1CCCC1C1=C2C=NC=C[N+]2(N)C(c2ccc(C(=O)Nc3ccccn3)cc2)=N1. The zero-order chi connectivity index (χ0) is 25.8. The highest BCUT2D eigenvalue weighted by Gasteiger charge is 2.48. The van der Waals surface area contributed by atoms with Gasteiger partial charge in [0, 0.05) is 31.5 Å². The first-order valence-electron chi connectivity index (χ1n) is 12.0. The van der Waals surface area contributed by atoms with Crippen LogP contribution in [0.1, 0.15) is 28.8 Å². The Morgan fingerprint density at radius 1 is 1.24 bits per heavy atom. The molecule has 1 aromatic heterocycles. The summed E-state index contributed by atoms with van der Waals surface area (Å²) in [5.41, 5.74) is 2.70. The van der Waals surface area contributed by atoms with Crippen LogP contribution in [-0.4, -0.2) is 64.6 Å². The first-order valence-corrected chi connectivity index (χ1v) is 12.0. The number of amidine groups is 1. The number of nitrogens with zero attached hydrogens (tertiary/aromatic N) is 5. The average Bonchev–Trinajstić information content (AvgIpc) is 3.52. The van der Waals surface area contributed by atoms with E-state index in [4.69, 9.17) is 15.6 Å². The predicted molar refractivity (Wildman–Crippen MR) is 140 cm³/mol. The van der Waals surface area contributed by atoms with Crippen LogP contribution in [0.15, 0.2) is 94.6 Å². The first-order chi connectivity index (χ1) is 18.0. The first kappa shape index (κ1) is 24.4. The second-order valence-electron chi connectivity index (χ2n) is 8.85. The van der Waals surface area contributed by atoms with Crippen LogP contribution in [0.25, 0.3) is 0 Å².